The number of amides is 1. The summed E-state index contributed by atoms with van der Waals surface area (Å²) in [5.74, 6) is 0.0373. The van der Waals surface area contributed by atoms with Crippen LogP contribution in [0.5, 0.6) is 0 Å². The van der Waals surface area contributed by atoms with Crippen LogP contribution in [0.4, 0.5) is 0 Å². The van der Waals surface area contributed by atoms with Gasteiger partial charge in [-0.1, -0.05) is 41.9 Å². The summed E-state index contributed by atoms with van der Waals surface area (Å²) in [4.78, 5) is 29.0. The van der Waals surface area contributed by atoms with Crippen LogP contribution in [0.2, 0.25) is 5.02 Å². The van der Waals surface area contributed by atoms with Crippen molar-refractivity contribution < 1.29 is 4.79 Å². The third-order valence-corrected chi connectivity index (χ3v) is 6.23. The molecule has 0 saturated carbocycles. The number of rotatable bonds is 6. The Kier molecular flexibility index (Phi) is 6.17. The summed E-state index contributed by atoms with van der Waals surface area (Å²) in [5, 5.41) is 0.707. The number of nitrogens with zero attached hydrogens (tertiary/aromatic N) is 5. The van der Waals surface area contributed by atoms with E-state index in [1.54, 1.807) is 24.9 Å². The van der Waals surface area contributed by atoms with Gasteiger partial charge in [0.1, 0.15) is 0 Å². The summed E-state index contributed by atoms with van der Waals surface area (Å²) in [6, 6.07) is 15.5. The number of hydrogen-bond donors (Lipinski definition) is 0. The average molecular weight is 458 g/mol. The van der Waals surface area contributed by atoms with E-state index in [4.69, 9.17) is 16.6 Å². The van der Waals surface area contributed by atoms with E-state index in [9.17, 15) is 4.79 Å². The van der Waals surface area contributed by atoms with Gasteiger partial charge in [0.15, 0.2) is 0 Å². The Morgan fingerprint density at radius 1 is 1.09 bits per heavy atom. The second-order valence-corrected chi connectivity index (χ2v) is 8.73. The first-order chi connectivity index (χ1) is 16.2. The van der Waals surface area contributed by atoms with Crippen molar-refractivity contribution in [2.45, 2.75) is 31.8 Å². The third kappa shape index (κ3) is 4.81. The Hall–Kier alpha value is -3.51. The van der Waals surface area contributed by atoms with Crippen molar-refractivity contribution >= 4 is 17.5 Å². The Morgan fingerprint density at radius 2 is 2.00 bits per heavy atom. The van der Waals surface area contributed by atoms with Crippen molar-refractivity contribution in [2.75, 3.05) is 6.54 Å². The molecule has 0 N–H and O–H groups in total. The molecule has 0 bridgehead atoms. The van der Waals surface area contributed by atoms with Crippen molar-refractivity contribution in [3.63, 3.8) is 0 Å². The fourth-order valence-electron chi connectivity index (χ4n) is 4.44. The van der Waals surface area contributed by atoms with Crippen LogP contribution in [0, 0.1) is 0 Å². The normalized spacial score (nSPS) is 15.7. The van der Waals surface area contributed by atoms with Gasteiger partial charge < -0.3 is 9.47 Å². The number of benzene rings is 2. The molecule has 1 atom stereocenters. The van der Waals surface area contributed by atoms with E-state index in [1.165, 1.54) is 0 Å². The summed E-state index contributed by atoms with van der Waals surface area (Å²) in [6.45, 7) is 1.32. The van der Waals surface area contributed by atoms with Gasteiger partial charge in [-0.25, -0.2) is 4.98 Å². The zero-order chi connectivity index (χ0) is 22.6. The lowest BCUT2D eigenvalue weighted by molar-refractivity contribution is 0.0731. The SMILES string of the molecule is O=C(c1ccccc1Cn1ccnc1)N1CCC[C@H]1c1cncc(Cc2cccc(Cl)c2)n1. The first-order valence-corrected chi connectivity index (χ1v) is 11.4. The molecule has 166 valence electrons. The van der Waals surface area contributed by atoms with Gasteiger partial charge in [0.2, 0.25) is 0 Å². The molecule has 0 unspecified atom stereocenters. The molecule has 5 rings (SSSR count). The summed E-state index contributed by atoms with van der Waals surface area (Å²) in [7, 11) is 0. The minimum atomic E-state index is -0.0781. The minimum absolute atomic E-state index is 0.0373. The highest BCUT2D eigenvalue weighted by Gasteiger charge is 2.32. The van der Waals surface area contributed by atoms with E-state index in [2.05, 4.69) is 9.97 Å². The molecule has 1 saturated heterocycles. The van der Waals surface area contributed by atoms with E-state index in [-0.39, 0.29) is 11.9 Å². The molecule has 1 amide bonds. The number of halogens is 1. The maximum atomic E-state index is 13.6. The van der Waals surface area contributed by atoms with E-state index in [0.717, 1.165) is 40.9 Å². The molecule has 1 aliphatic rings. The predicted molar refractivity (Wildman–Crippen MR) is 127 cm³/mol. The third-order valence-electron chi connectivity index (χ3n) is 5.99. The fourth-order valence-corrected chi connectivity index (χ4v) is 4.65. The summed E-state index contributed by atoms with van der Waals surface area (Å²) < 4.78 is 1.97. The maximum absolute atomic E-state index is 13.6. The molecule has 3 heterocycles. The number of aromatic nitrogens is 4. The second-order valence-electron chi connectivity index (χ2n) is 8.29. The number of likely N-dealkylation sites (tertiary alicyclic amines) is 1. The molecule has 1 aliphatic heterocycles. The van der Waals surface area contributed by atoms with Crippen molar-refractivity contribution in [3.05, 3.63) is 113 Å². The zero-order valence-corrected chi connectivity index (χ0v) is 18.9. The van der Waals surface area contributed by atoms with Crippen LogP contribution in [-0.2, 0) is 13.0 Å². The number of imidazole rings is 1. The maximum Gasteiger partial charge on any atom is 0.254 e. The minimum Gasteiger partial charge on any atom is -0.333 e. The van der Waals surface area contributed by atoms with E-state index >= 15 is 0 Å². The molecule has 1 fully saturated rings. The first kappa shape index (κ1) is 21.3. The summed E-state index contributed by atoms with van der Waals surface area (Å²) in [5.41, 5.74) is 4.50. The first-order valence-electron chi connectivity index (χ1n) is 11.1. The summed E-state index contributed by atoms with van der Waals surface area (Å²) >= 11 is 6.13. The van der Waals surface area contributed by atoms with Gasteiger partial charge in [0.05, 0.1) is 30.0 Å². The van der Waals surface area contributed by atoms with Gasteiger partial charge in [-0.3, -0.25) is 14.8 Å². The van der Waals surface area contributed by atoms with Crippen LogP contribution in [-0.4, -0.2) is 36.9 Å². The smallest absolute Gasteiger partial charge is 0.254 e. The van der Waals surface area contributed by atoms with Gasteiger partial charge in [-0.15, -0.1) is 0 Å². The lowest BCUT2D eigenvalue weighted by Crippen LogP contribution is -2.32. The lowest BCUT2D eigenvalue weighted by Gasteiger charge is -2.25. The molecular formula is C26H24ClN5O. The molecule has 33 heavy (non-hydrogen) atoms. The van der Waals surface area contributed by atoms with Crippen LogP contribution >= 0.6 is 11.6 Å². The zero-order valence-electron chi connectivity index (χ0n) is 18.1. The van der Waals surface area contributed by atoms with Crippen molar-refractivity contribution in [3.8, 4) is 0 Å². The Labute approximate surface area is 197 Å². The molecule has 6 nitrogen and oxygen atoms in total. The molecule has 0 aliphatic carbocycles. The van der Waals surface area contributed by atoms with Gasteiger partial charge in [0.25, 0.3) is 5.91 Å². The highest BCUT2D eigenvalue weighted by atomic mass is 35.5. The van der Waals surface area contributed by atoms with Gasteiger partial charge in [-0.05, 0) is 42.2 Å². The summed E-state index contributed by atoms with van der Waals surface area (Å²) in [6.07, 6.45) is 11.5. The molecular weight excluding hydrogens is 434 g/mol. The lowest BCUT2D eigenvalue weighted by atomic mass is 10.0. The van der Waals surface area contributed by atoms with Gasteiger partial charge in [-0.2, -0.15) is 0 Å². The quantitative estimate of drug-likeness (QED) is 0.411. The highest BCUT2D eigenvalue weighted by Crippen LogP contribution is 2.32. The van der Waals surface area contributed by atoms with Crippen LogP contribution in [0.25, 0.3) is 0 Å². The standard InChI is InChI=1S/C26H24ClN5O/c27-21-7-3-5-19(13-21)14-22-15-29-16-24(30-22)25-9-4-11-32(25)26(33)23-8-2-1-6-20(23)17-31-12-10-28-18-31/h1-3,5-8,10,12-13,15-16,18,25H,4,9,11,14,17H2/t25-/m0/s1. The van der Waals surface area contributed by atoms with Crippen LogP contribution < -0.4 is 0 Å². The molecule has 2 aromatic heterocycles. The van der Waals surface area contributed by atoms with E-state index < -0.39 is 0 Å². The monoisotopic (exact) mass is 457 g/mol. The Balaban J connectivity index is 1.38. The van der Waals surface area contributed by atoms with E-state index in [0.29, 0.717) is 24.5 Å². The highest BCUT2D eigenvalue weighted by molar-refractivity contribution is 6.30. The molecule has 4 aromatic rings. The van der Waals surface area contributed by atoms with Gasteiger partial charge >= 0.3 is 0 Å². The Morgan fingerprint density at radius 3 is 2.85 bits per heavy atom. The van der Waals surface area contributed by atoms with Gasteiger partial charge in [0, 0.05) is 48.7 Å². The fraction of sp³-hybridized carbons (Fsp3) is 0.231. The predicted octanol–water partition coefficient (Wildman–Crippen LogP) is 4.94. The number of hydrogen-bond acceptors (Lipinski definition) is 4. The molecule has 0 radical (unpaired) electrons. The largest absolute Gasteiger partial charge is 0.333 e. The molecule has 0 spiro atoms. The Bertz CT molecular complexity index is 1260. The van der Waals surface area contributed by atoms with Crippen LogP contribution in [0.1, 0.15) is 51.8 Å². The molecule has 7 heteroatoms. The van der Waals surface area contributed by atoms with Crippen LogP contribution in [0.15, 0.2) is 79.6 Å². The number of carbonyl (C=O) groups excluding carboxylic acids is 1. The van der Waals surface area contributed by atoms with Crippen molar-refractivity contribution in [1.82, 2.24) is 24.4 Å². The number of carbonyl (C=O) groups is 1. The second kappa shape index (κ2) is 9.55. The van der Waals surface area contributed by atoms with Crippen molar-refractivity contribution in [2.24, 2.45) is 0 Å². The van der Waals surface area contributed by atoms with E-state index in [1.807, 2.05) is 64.2 Å². The topological polar surface area (TPSA) is 63.9 Å². The molecule has 2 aromatic carbocycles. The van der Waals surface area contributed by atoms with Crippen molar-refractivity contribution in [1.29, 1.82) is 0 Å². The average Bonchev–Trinajstić information content (AvgIpc) is 3.52. The van der Waals surface area contributed by atoms with Crippen LogP contribution in [0.3, 0.4) is 0 Å².